The highest BCUT2D eigenvalue weighted by atomic mass is 16.2. The number of nitrogens with one attached hydrogen (secondary N) is 1. The normalized spacial score (nSPS) is 10.3. The quantitative estimate of drug-likeness (QED) is 0.550. The Morgan fingerprint density at radius 3 is 2.48 bits per heavy atom. The first-order valence-electron chi connectivity index (χ1n) is 7.39. The Morgan fingerprint density at radius 2 is 1.95 bits per heavy atom. The van der Waals surface area contributed by atoms with E-state index in [1.54, 1.807) is 11.0 Å². The second kappa shape index (κ2) is 8.41. The Kier molecular flexibility index (Phi) is 6.87. The summed E-state index contributed by atoms with van der Waals surface area (Å²) in [6.07, 6.45) is 1.73. The molecule has 0 aliphatic carbocycles. The molecular weight excluding hydrogens is 268 g/mol. The molecule has 0 fully saturated rings. The number of aryl methyl sites for hydroxylation is 1. The Labute approximate surface area is 126 Å². The Balaban J connectivity index is 2.87. The van der Waals surface area contributed by atoms with Gasteiger partial charge in [-0.2, -0.15) is 0 Å². The molecule has 1 heterocycles. The van der Waals surface area contributed by atoms with Gasteiger partial charge >= 0.3 is 0 Å². The van der Waals surface area contributed by atoms with Crippen LogP contribution in [-0.4, -0.2) is 47.5 Å². The van der Waals surface area contributed by atoms with E-state index in [9.17, 15) is 4.79 Å². The first-order valence-corrected chi connectivity index (χ1v) is 7.39. The van der Waals surface area contributed by atoms with Gasteiger partial charge in [-0.25, -0.2) is 15.8 Å². The lowest BCUT2D eigenvalue weighted by molar-refractivity contribution is -0.129. The summed E-state index contributed by atoms with van der Waals surface area (Å²) in [4.78, 5) is 24.6. The molecule has 0 saturated heterocycles. The maximum atomic E-state index is 12.2. The van der Waals surface area contributed by atoms with Crippen molar-refractivity contribution in [2.45, 2.75) is 33.6 Å². The molecule has 0 aliphatic rings. The number of nitrogen functional groups attached to an aromatic ring is 1. The second-order valence-corrected chi connectivity index (χ2v) is 4.84. The van der Waals surface area contributed by atoms with Crippen LogP contribution in [0.3, 0.4) is 0 Å². The van der Waals surface area contributed by atoms with Gasteiger partial charge in [0.25, 0.3) is 0 Å². The Morgan fingerprint density at radius 1 is 1.29 bits per heavy atom. The number of likely N-dealkylation sites (N-methyl/N-ethyl adjacent to an activating group) is 2. The van der Waals surface area contributed by atoms with E-state index >= 15 is 0 Å². The average molecular weight is 294 g/mol. The van der Waals surface area contributed by atoms with Crippen molar-refractivity contribution in [3.05, 3.63) is 11.9 Å². The minimum atomic E-state index is 0.0837. The average Bonchev–Trinajstić information content (AvgIpc) is 2.48. The van der Waals surface area contributed by atoms with Gasteiger partial charge < -0.3 is 15.2 Å². The number of hydrogen-bond acceptors (Lipinski definition) is 6. The van der Waals surface area contributed by atoms with E-state index < -0.39 is 0 Å². The molecule has 7 nitrogen and oxygen atoms in total. The summed E-state index contributed by atoms with van der Waals surface area (Å²) in [5.41, 5.74) is 2.55. The molecule has 3 N–H and O–H groups in total. The van der Waals surface area contributed by atoms with E-state index in [2.05, 4.69) is 22.3 Å². The van der Waals surface area contributed by atoms with Gasteiger partial charge in [-0.15, -0.1) is 0 Å². The third kappa shape index (κ3) is 4.86. The Hall–Kier alpha value is -1.89. The molecule has 1 aromatic rings. The van der Waals surface area contributed by atoms with Crippen LogP contribution in [0.1, 0.15) is 33.0 Å². The number of amides is 1. The predicted molar refractivity (Wildman–Crippen MR) is 85.0 cm³/mol. The zero-order chi connectivity index (χ0) is 15.8. The zero-order valence-corrected chi connectivity index (χ0v) is 13.4. The van der Waals surface area contributed by atoms with E-state index in [1.165, 1.54) is 0 Å². The van der Waals surface area contributed by atoms with Crippen LogP contribution in [0, 0.1) is 0 Å². The summed E-state index contributed by atoms with van der Waals surface area (Å²) < 4.78 is 0. The monoisotopic (exact) mass is 294 g/mol. The summed E-state index contributed by atoms with van der Waals surface area (Å²) in [6, 6.07) is 1.74. The van der Waals surface area contributed by atoms with Crippen LogP contribution >= 0.6 is 0 Å². The fourth-order valence-electron chi connectivity index (χ4n) is 2.05. The zero-order valence-electron chi connectivity index (χ0n) is 13.4. The molecule has 0 aromatic carbocycles. The van der Waals surface area contributed by atoms with Gasteiger partial charge in [0, 0.05) is 32.6 Å². The first-order chi connectivity index (χ1) is 10.0. The number of nitrogens with two attached hydrogens (primary N) is 1. The molecule has 0 aliphatic heterocycles. The van der Waals surface area contributed by atoms with Crippen molar-refractivity contribution in [3.63, 3.8) is 0 Å². The Bertz CT molecular complexity index is 461. The molecule has 0 unspecified atom stereocenters. The van der Waals surface area contributed by atoms with Gasteiger partial charge in [0.1, 0.15) is 17.5 Å². The first kappa shape index (κ1) is 17.2. The van der Waals surface area contributed by atoms with Crippen molar-refractivity contribution >= 4 is 17.5 Å². The summed E-state index contributed by atoms with van der Waals surface area (Å²) in [6.45, 7) is 7.73. The SMILES string of the molecule is CCCc1nc(NN)cc(N(C)CC(=O)N(CC)CC)n1. The fraction of sp³-hybridized carbons (Fsp3) is 0.643. The lowest BCUT2D eigenvalue weighted by Crippen LogP contribution is -2.39. The van der Waals surface area contributed by atoms with Crippen molar-refractivity contribution in [1.82, 2.24) is 14.9 Å². The third-order valence-corrected chi connectivity index (χ3v) is 3.26. The van der Waals surface area contributed by atoms with Crippen LogP contribution in [0.2, 0.25) is 0 Å². The summed E-state index contributed by atoms with van der Waals surface area (Å²) in [7, 11) is 1.85. The summed E-state index contributed by atoms with van der Waals surface area (Å²) in [5, 5.41) is 0. The van der Waals surface area contributed by atoms with E-state index in [0.29, 0.717) is 24.7 Å². The highest BCUT2D eigenvalue weighted by Gasteiger charge is 2.15. The third-order valence-electron chi connectivity index (χ3n) is 3.26. The molecule has 0 spiro atoms. The minimum Gasteiger partial charge on any atom is -0.350 e. The number of anilines is 2. The molecule has 1 rings (SSSR count). The molecule has 1 amide bonds. The van der Waals surface area contributed by atoms with Crippen LogP contribution in [0.4, 0.5) is 11.6 Å². The molecule has 118 valence electrons. The number of rotatable bonds is 8. The molecule has 0 atom stereocenters. The maximum Gasteiger partial charge on any atom is 0.242 e. The van der Waals surface area contributed by atoms with E-state index in [4.69, 9.17) is 5.84 Å². The smallest absolute Gasteiger partial charge is 0.242 e. The second-order valence-electron chi connectivity index (χ2n) is 4.84. The van der Waals surface area contributed by atoms with Crippen LogP contribution in [0.5, 0.6) is 0 Å². The molecule has 0 bridgehead atoms. The number of carbonyl (C=O) groups excluding carboxylic acids is 1. The van der Waals surface area contributed by atoms with Crippen molar-refractivity contribution < 1.29 is 4.79 Å². The minimum absolute atomic E-state index is 0.0837. The number of hydrogen-bond donors (Lipinski definition) is 2. The van der Waals surface area contributed by atoms with Gasteiger partial charge in [-0.1, -0.05) is 6.92 Å². The number of nitrogens with zero attached hydrogens (tertiary/aromatic N) is 4. The summed E-state index contributed by atoms with van der Waals surface area (Å²) >= 11 is 0. The van der Waals surface area contributed by atoms with Crippen molar-refractivity contribution in [2.75, 3.05) is 37.0 Å². The van der Waals surface area contributed by atoms with Gasteiger partial charge in [0.05, 0.1) is 6.54 Å². The van der Waals surface area contributed by atoms with Crippen LogP contribution in [0.25, 0.3) is 0 Å². The molecule has 7 heteroatoms. The molecular formula is C14H26N6O. The fourth-order valence-corrected chi connectivity index (χ4v) is 2.05. The standard InChI is InChI=1S/C14H26N6O/c1-5-8-11-16-12(18-15)9-13(17-11)19(4)10-14(21)20(6-2)7-3/h9H,5-8,10,15H2,1-4H3,(H,16,17,18). The van der Waals surface area contributed by atoms with Gasteiger partial charge in [0.2, 0.25) is 5.91 Å². The van der Waals surface area contributed by atoms with E-state index in [1.807, 2.05) is 25.8 Å². The van der Waals surface area contributed by atoms with Gasteiger partial charge in [0.15, 0.2) is 0 Å². The van der Waals surface area contributed by atoms with Crippen molar-refractivity contribution in [2.24, 2.45) is 5.84 Å². The van der Waals surface area contributed by atoms with Gasteiger partial charge in [-0.3, -0.25) is 4.79 Å². The number of hydrazine groups is 1. The van der Waals surface area contributed by atoms with Crippen molar-refractivity contribution in [1.29, 1.82) is 0 Å². The molecule has 0 saturated carbocycles. The van der Waals surface area contributed by atoms with Crippen LogP contribution < -0.4 is 16.2 Å². The topological polar surface area (TPSA) is 87.4 Å². The maximum absolute atomic E-state index is 12.2. The van der Waals surface area contributed by atoms with E-state index in [0.717, 1.165) is 18.7 Å². The van der Waals surface area contributed by atoms with Gasteiger partial charge in [-0.05, 0) is 20.3 Å². The predicted octanol–water partition coefficient (Wildman–Crippen LogP) is 1.02. The molecule has 21 heavy (non-hydrogen) atoms. The van der Waals surface area contributed by atoms with E-state index in [-0.39, 0.29) is 12.5 Å². The number of aromatic nitrogens is 2. The lowest BCUT2D eigenvalue weighted by atomic mass is 10.3. The molecule has 1 aromatic heterocycles. The summed E-state index contributed by atoms with van der Waals surface area (Å²) in [5.74, 6) is 7.51. The number of carbonyl (C=O) groups is 1. The largest absolute Gasteiger partial charge is 0.350 e. The van der Waals surface area contributed by atoms with Crippen molar-refractivity contribution in [3.8, 4) is 0 Å². The molecule has 0 radical (unpaired) electrons. The highest BCUT2D eigenvalue weighted by molar-refractivity contribution is 5.81. The van der Waals surface area contributed by atoms with Crippen LogP contribution in [0.15, 0.2) is 6.07 Å². The highest BCUT2D eigenvalue weighted by Crippen LogP contribution is 2.15. The van der Waals surface area contributed by atoms with Crippen LogP contribution in [-0.2, 0) is 11.2 Å². The lowest BCUT2D eigenvalue weighted by Gasteiger charge is -2.24.